The molecule has 0 N–H and O–H groups in total. The van der Waals surface area contributed by atoms with E-state index >= 15 is 0 Å². The van der Waals surface area contributed by atoms with Crippen LogP contribution in [0.25, 0.3) is 91.5 Å². The first-order chi connectivity index (χ1) is 39.8. The summed E-state index contributed by atoms with van der Waals surface area (Å²) in [6, 6.07) is 71.9. The van der Waals surface area contributed by atoms with Crippen LogP contribution in [-0.2, 0) is 46.7 Å². The van der Waals surface area contributed by atoms with Gasteiger partial charge >= 0.3 is 0 Å². The normalized spacial score (nSPS) is 11.7. The molecule has 0 aliphatic heterocycles. The van der Waals surface area contributed by atoms with Crippen LogP contribution in [0, 0.1) is 0 Å². The largest absolute Gasteiger partial charge is 0.372 e. The molecular formula is C73H67N7O2. The molecule has 0 aliphatic rings. The van der Waals surface area contributed by atoms with Crippen molar-refractivity contribution < 1.29 is 9.47 Å². The number of hydrogen-bond acceptors (Lipinski definition) is 7. The third-order valence-corrected chi connectivity index (χ3v) is 14.9. The maximum absolute atomic E-state index is 6.10. The van der Waals surface area contributed by atoms with E-state index in [1.165, 1.54) is 11.1 Å². The molecule has 9 heteroatoms. The highest BCUT2D eigenvalue weighted by Gasteiger charge is 2.22. The topological polar surface area (TPSA) is 92.8 Å². The van der Waals surface area contributed by atoms with Gasteiger partial charge in [-0.05, 0) is 103 Å². The van der Waals surface area contributed by atoms with Crippen LogP contribution in [0.3, 0.4) is 0 Å². The van der Waals surface area contributed by atoms with Crippen molar-refractivity contribution in [3.05, 3.63) is 270 Å². The average Bonchev–Trinajstić information content (AvgIpc) is 4.26. The summed E-state index contributed by atoms with van der Waals surface area (Å²) < 4.78 is 16.5. The molecule has 0 amide bonds. The predicted octanol–water partition coefficient (Wildman–Crippen LogP) is 17.6. The van der Waals surface area contributed by atoms with Crippen LogP contribution in [0.2, 0.25) is 0 Å². The second-order valence-electron chi connectivity index (χ2n) is 22.8. The third kappa shape index (κ3) is 12.3. The smallest absolute Gasteiger partial charge is 0.168 e. The van der Waals surface area contributed by atoms with Crippen LogP contribution in [-0.4, -0.2) is 34.5 Å². The van der Waals surface area contributed by atoms with Crippen LogP contribution in [0.4, 0.5) is 0 Å². The zero-order valence-electron chi connectivity index (χ0n) is 47.6. The van der Waals surface area contributed by atoms with Gasteiger partial charge in [-0.2, -0.15) is 0 Å². The maximum Gasteiger partial charge on any atom is 0.168 e. The molecule has 8 aromatic carbocycles. The highest BCUT2D eigenvalue weighted by atomic mass is 16.5. The number of aromatic nitrogens is 7. The van der Waals surface area contributed by atoms with E-state index in [-0.39, 0.29) is 10.8 Å². The molecule has 3 heterocycles. The van der Waals surface area contributed by atoms with Crippen molar-refractivity contribution in [2.45, 2.75) is 78.8 Å². The van der Waals surface area contributed by atoms with Crippen LogP contribution in [0.5, 0.6) is 0 Å². The van der Waals surface area contributed by atoms with Gasteiger partial charge in [0.15, 0.2) is 23.3 Å². The molecule has 0 fully saturated rings. The zero-order chi connectivity index (χ0) is 56.8. The van der Waals surface area contributed by atoms with E-state index in [1.807, 2.05) is 18.3 Å². The summed E-state index contributed by atoms with van der Waals surface area (Å²) in [7, 11) is 0. The zero-order valence-corrected chi connectivity index (χ0v) is 47.6. The lowest BCUT2D eigenvalue weighted by Gasteiger charge is -2.20. The minimum absolute atomic E-state index is 0.00833. The fourth-order valence-corrected chi connectivity index (χ4v) is 9.97. The quantitative estimate of drug-likeness (QED) is 0.0845. The summed E-state index contributed by atoms with van der Waals surface area (Å²) in [6.07, 6.45) is 5.57. The average molecular weight is 1070 g/mol. The van der Waals surface area contributed by atoms with E-state index in [9.17, 15) is 0 Å². The fraction of sp³-hybridized carbons (Fsp3) is 0.164. The summed E-state index contributed by atoms with van der Waals surface area (Å²) in [5, 5.41) is 19.3. The van der Waals surface area contributed by atoms with Gasteiger partial charge in [-0.3, -0.25) is 14.1 Å². The van der Waals surface area contributed by atoms with Crippen molar-refractivity contribution in [3.8, 4) is 79.3 Å². The summed E-state index contributed by atoms with van der Waals surface area (Å²) in [5.41, 5.74) is 18.8. The number of benzene rings is 8. The Kier molecular flexibility index (Phi) is 15.8. The number of nitrogens with zero attached hydrogens (tertiary/aromatic N) is 7. The summed E-state index contributed by atoms with van der Waals surface area (Å²) >= 11 is 0. The first kappa shape index (κ1) is 54.5. The molecule has 0 bridgehead atoms. The molecule has 0 spiro atoms. The van der Waals surface area contributed by atoms with Gasteiger partial charge in [-0.1, -0.05) is 237 Å². The first-order valence-corrected chi connectivity index (χ1v) is 27.9. The Labute approximate surface area is 482 Å². The monoisotopic (exact) mass is 1070 g/mol. The van der Waals surface area contributed by atoms with E-state index in [4.69, 9.17) is 34.9 Å². The van der Waals surface area contributed by atoms with Crippen LogP contribution >= 0.6 is 0 Å². The molecule has 11 aromatic rings. The van der Waals surface area contributed by atoms with Gasteiger partial charge in [-0.15, -0.1) is 20.4 Å². The lowest BCUT2D eigenvalue weighted by atomic mass is 9.87. The molecule has 11 rings (SSSR count). The van der Waals surface area contributed by atoms with Crippen molar-refractivity contribution in [2.75, 3.05) is 0 Å². The van der Waals surface area contributed by atoms with Gasteiger partial charge in [0, 0.05) is 45.4 Å². The molecule has 406 valence electrons. The Balaban J connectivity index is 0.829. The van der Waals surface area contributed by atoms with E-state index in [0.717, 1.165) is 113 Å². The molecule has 0 saturated carbocycles. The SMILES string of the molecule is C=Cc1ccc(COCc2ccc(-c3nnc(-c4ccc(-c5ccnc(-c6ccc(-c7nnc(-c8ccc(COCc9ccc(C=C)cc9)cc8)n7-c7ccc(C(C)(C)C)cc7)cc6)c5)cc4)n3-c3ccc(C(C)(C)C)cc3)cc2)cc1. The van der Waals surface area contributed by atoms with Crippen molar-refractivity contribution in [2.24, 2.45) is 0 Å². The second-order valence-corrected chi connectivity index (χ2v) is 22.8. The Morgan fingerprint density at radius 2 is 0.659 bits per heavy atom. The Morgan fingerprint density at radius 1 is 0.354 bits per heavy atom. The highest BCUT2D eigenvalue weighted by Crippen LogP contribution is 2.35. The first-order valence-electron chi connectivity index (χ1n) is 27.9. The highest BCUT2D eigenvalue weighted by molar-refractivity contribution is 5.75. The van der Waals surface area contributed by atoms with Gasteiger partial charge in [0.05, 0.1) is 32.1 Å². The predicted molar refractivity (Wildman–Crippen MR) is 334 cm³/mol. The van der Waals surface area contributed by atoms with Crippen molar-refractivity contribution in [3.63, 3.8) is 0 Å². The van der Waals surface area contributed by atoms with Crippen LogP contribution < -0.4 is 0 Å². The Hall–Kier alpha value is -9.41. The molecule has 0 aliphatic carbocycles. The number of rotatable bonds is 18. The van der Waals surface area contributed by atoms with Gasteiger partial charge < -0.3 is 9.47 Å². The van der Waals surface area contributed by atoms with Gasteiger partial charge in [0.25, 0.3) is 0 Å². The van der Waals surface area contributed by atoms with Crippen molar-refractivity contribution in [1.29, 1.82) is 0 Å². The maximum atomic E-state index is 6.10. The Bertz CT molecular complexity index is 3700. The fourth-order valence-electron chi connectivity index (χ4n) is 9.97. The molecule has 9 nitrogen and oxygen atoms in total. The van der Waals surface area contributed by atoms with Gasteiger partial charge in [0.2, 0.25) is 0 Å². The molecule has 3 aromatic heterocycles. The standard InChI is InChI=1S/C73H67N7O2/c1-9-50-11-15-52(16-12-50)46-81-48-54-19-23-58(24-20-54)68-75-77-70(79(68)65-39-35-63(36-40-65)72(3,4)5)60-31-27-56(28-32-60)62-43-44-74-67(45-62)57-29-33-61(34-30-57)71-78-76-69(80(71)66-41-37-64(38-42-66)73(6,7)8)59-25-21-55(22-26-59)49-82-47-53-17-13-51(10-2)14-18-53/h9-45H,1-2,46-49H2,3-8H3. The molecule has 0 atom stereocenters. The lowest BCUT2D eigenvalue weighted by molar-refractivity contribution is 0.107. The van der Waals surface area contributed by atoms with Crippen LogP contribution in [0.1, 0.15) is 86.1 Å². The molecule has 0 radical (unpaired) electrons. The minimum atomic E-state index is 0.00833. The molecule has 0 saturated heterocycles. The second kappa shape index (κ2) is 23.7. The third-order valence-electron chi connectivity index (χ3n) is 14.9. The molecule has 0 unspecified atom stereocenters. The van der Waals surface area contributed by atoms with E-state index in [1.54, 1.807) is 0 Å². The minimum Gasteiger partial charge on any atom is -0.372 e. The van der Waals surface area contributed by atoms with Gasteiger partial charge in [0.1, 0.15) is 0 Å². The van der Waals surface area contributed by atoms with Crippen LogP contribution in [0.15, 0.2) is 226 Å². The molecule has 82 heavy (non-hydrogen) atoms. The Morgan fingerprint density at radius 3 is 0.988 bits per heavy atom. The molecular weight excluding hydrogens is 1010 g/mol. The van der Waals surface area contributed by atoms with E-state index < -0.39 is 0 Å². The van der Waals surface area contributed by atoms with Crippen molar-refractivity contribution in [1.82, 2.24) is 34.5 Å². The van der Waals surface area contributed by atoms with Gasteiger partial charge in [-0.25, -0.2) is 0 Å². The lowest BCUT2D eigenvalue weighted by Crippen LogP contribution is -2.11. The summed E-state index contributed by atoms with van der Waals surface area (Å²) in [6.45, 7) is 23.1. The summed E-state index contributed by atoms with van der Waals surface area (Å²) in [5.74, 6) is 3.00. The number of pyridine rings is 1. The van der Waals surface area contributed by atoms with E-state index in [2.05, 4.69) is 270 Å². The van der Waals surface area contributed by atoms with Crippen molar-refractivity contribution >= 4 is 12.2 Å². The van der Waals surface area contributed by atoms with E-state index in [0.29, 0.717) is 26.4 Å². The number of ether oxygens (including phenoxy) is 2. The summed E-state index contributed by atoms with van der Waals surface area (Å²) in [4.78, 5) is 4.85. The number of hydrogen-bond donors (Lipinski definition) is 0.